The van der Waals surface area contributed by atoms with Gasteiger partial charge >= 0.3 is 6.09 Å². The van der Waals surface area contributed by atoms with Crippen LogP contribution in [0.15, 0.2) is 24.3 Å². The summed E-state index contributed by atoms with van der Waals surface area (Å²) >= 11 is 0. The van der Waals surface area contributed by atoms with E-state index in [0.717, 1.165) is 16.9 Å². The van der Waals surface area contributed by atoms with Crippen LogP contribution >= 0.6 is 0 Å². The molecule has 1 aromatic carbocycles. The first-order valence-electron chi connectivity index (χ1n) is 4.81. The van der Waals surface area contributed by atoms with E-state index < -0.39 is 6.09 Å². The van der Waals surface area contributed by atoms with Gasteiger partial charge in [0.1, 0.15) is 0 Å². The lowest BCUT2D eigenvalue weighted by Gasteiger charge is -2.14. The van der Waals surface area contributed by atoms with Crippen LogP contribution in [0.3, 0.4) is 0 Å². The Labute approximate surface area is 87.4 Å². The van der Waals surface area contributed by atoms with Crippen LogP contribution in [0.5, 0.6) is 0 Å². The Morgan fingerprint density at radius 2 is 2.07 bits per heavy atom. The second kappa shape index (κ2) is 3.73. The summed E-state index contributed by atoms with van der Waals surface area (Å²) in [5, 5.41) is 0. The standard InChI is InChI=1S/C11H11NO3/c1-2-8-5-3-4-6-9(8)12-10(13)7-15-11(12)14/h3-6H,2,7H2,1H3. The molecule has 0 radical (unpaired) electrons. The number of aryl methyl sites for hydroxylation is 1. The van der Waals surface area contributed by atoms with Gasteiger partial charge in [-0.1, -0.05) is 25.1 Å². The zero-order chi connectivity index (χ0) is 10.8. The quantitative estimate of drug-likeness (QED) is 0.738. The highest BCUT2D eigenvalue weighted by Gasteiger charge is 2.33. The molecule has 1 heterocycles. The van der Waals surface area contributed by atoms with Gasteiger partial charge in [-0.3, -0.25) is 4.79 Å². The van der Waals surface area contributed by atoms with Crippen molar-refractivity contribution in [3.05, 3.63) is 29.8 Å². The third-order valence-electron chi connectivity index (χ3n) is 2.36. The second-order valence-electron chi connectivity index (χ2n) is 3.27. The van der Waals surface area contributed by atoms with Crippen LogP contribution in [-0.4, -0.2) is 18.6 Å². The van der Waals surface area contributed by atoms with Gasteiger partial charge in [-0.05, 0) is 18.1 Å². The number of carbonyl (C=O) groups excluding carboxylic acids is 2. The molecule has 1 saturated heterocycles. The van der Waals surface area contributed by atoms with Gasteiger partial charge in [-0.25, -0.2) is 9.69 Å². The highest BCUT2D eigenvalue weighted by atomic mass is 16.6. The van der Waals surface area contributed by atoms with Crippen molar-refractivity contribution in [2.45, 2.75) is 13.3 Å². The number of anilines is 1. The number of para-hydroxylation sites is 1. The topological polar surface area (TPSA) is 46.6 Å². The number of hydrogen-bond acceptors (Lipinski definition) is 3. The number of rotatable bonds is 2. The van der Waals surface area contributed by atoms with Crippen LogP contribution in [-0.2, 0) is 16.0 Å². The Hall–Kier alpha value is -1.84. The van der Waals surface area contributed by atoms with E-state index in [1.54, 1.807) is 12.1 Å². The third-order valence-corrected chi connectivity index (χ3v) is 2.36. The SMILES string of the molecule is CCc1ccccc1N1C(=O)COC1=O. The maximum absolute atomic E-state index is 11.4. The number of carbonyl (C=O) groups is 2. The highest BCUT2D eigenvalue weighted by Crippen LogP contribution is 2.24. The number of cyclic esters (lactones) is 1. The lowest BCUT2D eigenvalue weighted by molar-refractivity contribution is -0.117. The number of imide groups is 1. The summed E-state index contributed by atoms with van der Waals surface area (Å²) in [6, 6.07) is 7.33. The number of hydrogen-bond donors (Lipinski definition) is 0. The van der Waals surface area contributed by atoms with Crippen molar-refractivity contribution < 1.29 is 14.3 Å². The molecule has 4 nitrogen and oxygen atoms in total. The first-order valence-corrected chi connectivity index (χ1v) is 4.81. The van der Waals surface area contributed by atoms with E-state index >= 15 is 0 Å². The summed E-state index contributed by atoms with van der Waals surface area (Å²) in [5.41, 5.74) is 1.59. The molecule has 4 heteroatoms. The molecule has 1 aliphatic rings. The van der Waals surface area contributed by atoms with E-state index in [1.165, 1.54) is 0 Å². The minimum absolute atomic E-state index is 0.156. The average molecular weight is 205 g/mol. The summed E-state index contributed by atoms with van der Waals surface area (Å²) in [6.45, 7) is 1.82. The average Bonchev–Trinajstić information content (AvgIpc) is 2.59. The normalized spacial score (nSPS) is 15.7. The van der Waals surface area contributed by atoms with Crippen molar-refractivity contribution >= 4 is 17.7 Å². The molecule has 0 unspecified atom stereocenters. The van der Waals surface area contributed by atoms with Crippen LogP contribution < -0.4 is 4.90 Å². The molecule has 0 aliphatic carbocycles. The molecule has 1 fully saturated rings. The van der Waals surface area contributed by atoms with Crippen molar-refractivity contribution in [1.82, 2.24) is 0 Å². The summed E-state index contributed by atoms with van der Waals surface area (Å²) in [6.07, 6.45) is 0.189. The Kier molecular flexibility index (Phi) is 2.41. The van der Waals surface area contributed by atoms with Crippen molar-refractivity contribution in [3.8, 4) is 0 Å². The summed E-state index contributed by atoms with van der Waals surface area (Å²) in [7, 11) is 0. The maximum Gasteiger partial charge on any atom is 0.421 e. The molecule has 1 aliphatic heterocycles. The van der Waals surface area contributed by atoms with Crippen molar-refractivity contribution in [3.63, 3.8) is 0 Å². The fraction of sp³-hybridized carbons (Fsp3) is 0.273. The van der Waals surface area contributed by atoms with Gasteiger partial charge in [0, 0.05) is 0 Å². The summed E-state index contributed by atoms with van der Waals surface area (Å²) < 4.78 is 4.67. The van der Waals surface area contributed by atoms with Gasteiger partial charge in [0.2, 0.25) is 0 Å². The molecule has 1 aromatic rings. The molecule has 2 amide bonds. The lowest BCUT2D eigenvalue weighted by atomic mass is 10.1. The van der Waals surface area contributed by atoms with E-state index in [9.17, 15) is 9.59 Å². The molecule has 0 bridgehead atoms. The molecule has 0 atom stereocenters. The van der Waals surface area contributed by atoms with Gasteiger partial charge < -0.3 is 4.74 Å². The summed E-state index contributed by atoms with van der Waals surface area (Å²) in [5.74, 6) is -0.305. The zero-order valence-electron chi connectivity index (χ0n) is 8.40. The fourth-order valence-electron chi connectivity index (χ4n) is 1.62. The molecular formula is C11H11NO3. The minimum Gasteiger partial charge on any atom is -0.439 e. The van der Waals surface area contributed by atoms with Crippen LogP contribution in [0.1, 0.15) is 12.5 Å². The molecule has 2 rings (SSSR count). The van der Waals surface area contributed by atoms with Crippen LogP contribution in [0.4, 0.5) is 10.5 Å². The minimum atomic E-state index is -0.582. The van der Waals surface area contributed by atoms with Crippen LogP contribution in [0, 0.1) is 0 Å². The molecule has 0 aromatic heterocycles. The second-order valence-corrected chi connectivity index (χ2v) is 3.27. The van der Waals surface area contributed by atoms with Gasteiger partial charge in [0.05, 0.1) is 5.69 Å². The first kappa shape index (κ1) is 9.71. The predicted octanol–water partition coefficient (Wildman–Crippen LogP) is 1.73. The molecule has 15 heavy (non-hydrogen) atoms. The Balaban J connectivity index is 2.44. The van der Waals surface area contributed by atoms with Crippen LogP contribution in [0.25, 0.3) is 0 Å². The van der Waals surface area contributed by atoms with Crippen LogP contribution in [0.2, 0.25) is 0 Å². The molecule has 0 N–H and O–H groups in total. The van der Waals surface area contributed by atoms with E-state index in [1.807, 2.05) is 19.1 Å². The largest absolute Gasteiger partial charge is 0.439 e. The van der Waals surface area contributed by atoms with Gasteiger partial charge in [0.15, 0.2) is 6.61 Å². The molecule has 78 valence electrons. The smallest absolute Gasteiger partial charge is 0.421 e. The predicted molar refractivity (Wildman–Crippen MR) is 54.7 cm³/mol. The van der Waals surface area contributed by atoms with E-state index in [4.69, 9.17) is 0 Å². The van der Waals surface area contributed by atoms with E-state index in [2.05, 4.69) is 4.74 Å². The van der Waals surface area contributed by atoms with Crippen molar-refractivity contribution in [2.24, 2.45) is 0 Å². The fourth-order valence-corrected chi connectivity index (χ4v) is 1.62. The van der Waals surface area contributed by atoms with E-state index in [0.29, 0.717) is 5.69 Å². The summed E-state index contributed by atoms with van der Waals surface area (Å²) in [4.78, 5) is 23.9. The molecule has 0 spiro atoms. The number of ether oxygens (including phenoxy) is 1. The zero-order valence-corrected chi connectivity index (χ0v) is 8.40. The Morgan fingerprint density at radius 1 is 1.33 bits per heavy atom. The van der Waals surface area contributed by atoms with E-state index in [-0.39, 0.29) is 12.5 Å². The molecule has 0 saturated carbocycles. The van der Waals surface area contributed by atoms with Crippen molar-refractivity contribution in [2.75, 3.05) is 11.5 Å². The number of nitrogens with zero attached hydrogens (tertiary/aromatic N) is 1. The Morgan fingerprint density at radius 3 is 2.67 bits per heavy atom. The number of amides is 2. The van der Waals surface area contributed by atoms with Gasteiger partial charge in [-0.2, -0.15) is 0 Å². The highest BCUT2D eigenvalue weighted by molar-refractivity contribution is 6.17. The van der Waals surface area contributed by atoms with Gasteiger partial charge in [0.25, 0.3) is 5.91 Å². The maximum atomic E-state index is 11.4. The van der Waals surface area contributed by atoms with Gasteiger partial charge in [-0.15, -0.1) is 0 Å². The lowest BCUT2D eigenvalue weighted by Crippen LogP contribution is -2.29. The first-order chi connectivity index (χ1) is 7.24. The van der Waals surface area contributed by atoms with Crippen molar-refractivity contribution in [1.29, 1.82) is 0 Å². The monoisotopic (exact) mass is 205 g/mol. The Bertz CT molecular complexity index is 398. The number of benzene rings is 1. The third kappa shape index (κ3) is 1.58. The molecular weight excluding hydrogens is 194 g/mol.